The summed E-state index contributed by atoms with van der Waals surface area (Å²) in [5.41, 5.74) is 0.505. The molecule has 1 fully saturated rings. The van der Waals surface area contributed by atoms with Gasteiger partial charge in [0, 0.05) is 15.7 Å². The molecule has 0 aliphatic heterocycles. The molecule has 10 heteroatoms. The fraction of sp³-hybridized carbons (Fsp3) is 0.261. The van der Waals surface area contributed by atoms with Crippen molar-refractivity contribution in [2.24, 2.45) is 0 Å². The van der Waals surface area contributed by atoms with Gasteiger partial charge in [0.25, 0.3) is 5.89 Å². The third kappa shape index (κ3) is 3.67. The lowest BCUT2D eigenvalue weighted by Crippen LogP contribution is -2.28. The smallest absolute Gasteiger partial charge is 0.403 e. The second kappa shape index (κ2) is 7.99. The highest BCUT2D eigenvalue weighted by atomic mass is 79.9. The summed E-state index contributed by atoms with van der Waals surface area (Å²) in [7, 11) is 0. The Labute approximate surface area is 200 Å². The van der Waals surface area contributed by atoms with Crippen molar-refractivity contribution < 1.29 is 17.6 Å². The fourth-order valence-electron chi connectivity index (χ4n) is 3.90. The van der Waals surface area contributed by atoms with Gasteiger partial charge in [-0.3, -0.25) is 4.57 Å². The second-order valence-corrected chi connectivity index (χ2v) is 9.19. The van der Waals surface area contributed by atoms with E-state index in [0.717, 1.165) is 15.9 Å². The van der Waals surface area contributed by atoms with E-state index in [0.29, 0.717) is 28.5 Å². The molecule has 0 N–H and O–H groups in total. The van der Waals surface area contributed by atoms with Crippen LogP contribution in [-0.2, 0) is 11.8 Å². The number of rotatable bonds is 5. The Morgan fingerprint density at radius 3 is 2.39 bits per heavy atom. The molecule has 1 aliphatic carbocycles. The molecular weight excluding hydrogens is 521 g/mol. The average Bonchev–Trinajstić information content (AvgIpc) is 3.32. The van der Waals surface area contributed by atoms with Crippen LogP contribution in [0.25, 0.3) is 28.7 Å². The van der Waals surface area contributed by atoms with Crippen LogP contribution in [0.4, 0.5) is 13.2 Å². The largest absolute Gasteiger partial charge is 0.418 e. The summed E-state index contributed by atoms with van der Waals surface area (Å²) in [4.78, 5) is 4.75. The Kier molecular flexibility index (Phi) is 5.36. The van der Waals surface area contributed by atoms with E-state index in [-0.39, 0.29) is 18.7 Å². The molecule has 0 unspecified atom stereocenters. The topological polar surface area (TPSA) is 56.7 Å². The minimum Gasteiger partial charge on any atom is -0.418 e. The van der Waals surface area contributed by atoms with Gasteiger partial charge in [0.1, 0.15) is 16.9 Å². The summed E-state index contributed by atoms with van der Waals surface area (Å²) in [6.45, 7) is 1.93. The van der Waals surface area contributed by atoms with Gasteiger partial charge in [0.05, 0.1) is 10.7 Å². The molecule has 2 aromatic heterocycles. The van der Waals surface area contributed by atoms with E-state index in [1.165, 1.54) is 0 Å². The average molecular weight is 538 g/mol. The van der Waals surface area contributed by atoms with Gasteiger partial charge in [-0.25, -0.2) is 4.98 Å². The summed E-state index contributed by atoms with van der Waals surface area (Å²) in [5, 5.41) is 8.22. The zero-order valence-corrected chi connectivity index (χ0v) is 19.7. The van der Waals surface area contributed by atoms with Gasteiger partial charge in [0.15, 0.2) is 0 Å². The lowest BCUT2D eigenvalue weighted by atomic mass is 10.1. The van der Waals surface area contributed by atoms with Crippen molar-refractivity contribution in [1.29, 1.82) is 0 Å². The van der Waals surface area contributed by atoms with E-state index >= 15 is 0 Å². The molecule has 2 aromatic carbocycles. The van der Waals surface area contributed by atoms with Crippen molar-refractivity contribution >= 4 is 27.5 Å². The zero-order chi connectivity index (χ0) is 23.4. The van der Waals surface area contributed by atoms with Gasteiger partial charge < -0.3 is 4.42 Å². The highest BCUT2D eigenvalue weighted by molar-refractivity contribution is 9.10. The second-order valence-electron chi connectivity index (χ2n) is 7.87. The first kappa shape index (κ1) is 22.2. The van der Waals surface area contributed by atoms with Crippen LogP contribution >= 0.6 is 27.5 Å². The van der Waals surface area contributed by atoms with Crippen LogP contribution in [0.5, 0.6) is 0 Å². The fourth-order valence-corrected chi connectivity index (χ4v) is 4.38. The van der Waals surface area contributed by atoms with Gasteiger partial charge in [-0.05, 0) is 55.7 Å². The van der Waals surface area contributed by atoms with Gasteiger partial charge in [-0.1, -0.05) is 46.6 Å². The van der Waals surface area contributed by atoms with Crippen molar-refractivity contribution in [1.82, 2.24) is 19.7 Å². The van der Waals surface area contributed by atoms with Crippen LogP contribution in [0.15, 0.2) is 57.4 Å². The van der Waals surface area contributed by atoms with Gasteiger partial charge in [-0.2, -0.15) is 13.2 Å². The van der Waals surface area contributed by atoms with Crippen LogP contribution in [0.3, 0.4) is 0 Å². The minimum absolute atomic E-state index is 0.0402. The number of imidazole rings is 1. The Morgan fingerprint density at radius 2 is 1.79 bits per heavy atom. The van der Waals surface area contributed by atoms with Crippen molar-refractivity contribution in [3.63, 3.8) is 0 Å². The number of nitrogens with zero attached hydrogens (tertiary/aromatic N) is 4. The zero-order valence-electron chi connectivity index (χ0n) is 17.3. The summed E-state index contributed by atoms with van der Waals surface area (Å²) in [6, 6.07) is 14.9. The van der Waals surface area contributed by atoms with Crippen LogP contribution in [0, 0.1) is 0 Å². The molecule has 5 rings (SSSR count). The highest BCUT2D eigenvalue weighted by Gasteiger charge is 2.68. The quantitative estimate of drug-likeness (QED) is 0.271. The molecule has 2 heterocycles. The van der Waals surface area contributed by atoms with Crippen molar-refractivity contribution in [2.75, 3.05) is 0 Å². The maximum absolute atomic E-state index is 13.6. The third-order valence-electron chi connectivity index (χ3n) is 5.84. The number of halogens is 5. The Morgan fingerprint density at radius 1 is 1.09 bits per heavy atom. The molecule has 1 saturated carbocycles. The number of hydrogen-bond acceptors (Lipinski definition) is 4. The maximum Gasteiger partial charge on any atom is 0.403 e. The molecule has 0 spiro atoms. The molecule has 0 amide bonds. The van der Waals surface area contributed by atoms with Gasteiger partial charge >= 0.3 is 6.18 Å². The summed E-state index contributed by atoms with van der Waals surface area (Å²) in [5.74, 6) is 0.0811. The Balaban J connectivity index is 1.71. The molecule has 0 atom stereocenters. The molecule has 4 aromatic rings. The van der Waals surface area contributed by atoms with E-state index in [1.54, 1.807) is 6.07 Å². The lowest BCUT2D eigenvalue weighted by Gasteiger charge is -2.14. The molecule has 33 heavy (non-hydrogen) atoms. The third-order valence-corrected chi connectivity index (χ3v) is 6.70. The van der Waals surface area contributed by atoms with Crippen molar-refractivity contribution in [3.8, 4) is 28.7 Å². The molecule has 5 nitrogen and oxygen atoms in total. The standard InChI is InChI=1S/C23H17BrClF3N4O/c1-2-17-18(20-30-31-21(33-20)22(11-12-22)23(26,27)28)29-19(15-5-3-4-6-16(15)25)32(17)14-9-7-13(24)8-10-14/h3-10H,2,11-12H2,1H3. The molecule has 0 radical (unpaired) electrons. The van der Waals surface area contributed by atoms with Crippen LogP contribution in [0.2, 0.25) is 5.02 Å². The van der Waals surface area contributed by atoms with E-state index in [1.807, 2.05) is 54.0 Å². The molecular formula is C23H17BrClF3N4O. The number of hydrogen-bond donors (Lipinski definition) is 0. The Bertz CT molecular complexity index is 1330. The first-order valence-electron chi connectivity index (χ1n) is 10.3. The Hall–Kier alpha value is -2.65. The molecule has 1 aliphatic rings. The van der Waals surface area contributed by atoms with E-state index in [4.69, 9.17) is 21.0 Å². The van der Waals surface area contributed by atoms with E-state index < -0.39 is 17.5 Å². The van der Waals surface area contributed by atoms with Crippen molar-refractivity contribution in [2.45, 2.75) is 37.8 Å². The predicted molar refractivity (Wildman–Crippen MR) is 121 cm³/mol. The first-order valence-corrected chi connectivity index (χ1v) is 11.5. The van der Waals surface area contributed by atoms with Gasteiger partial charge in [0.2, 0.25) is 5.89 Å². The first-order chi connectivity index (χ1) is 15.7. The monoisotopic (exact) mass is 536 g/mol. The molecule has 0 bridgehead atoms. The highest BCUT2D eigenvalue weighted by Crippen LogP contribution is 2.58. The summed E-state index contributed by atoms with van der Waals surface area (Å²) in [6.07, 6.45) is -4.04. The number of alkyl halides is 3. The molecule has 170 valence electrons. The lowest BCUT2D eigenvalue weighted by molar-refractivity contribution is -0.165. The minimum atomic E-state index is -4.44. The SMILES string of the molecule is CCc1c(-c2nnc(C3(C(F)(F)F)CC3)o2)nc(-c2ccccc2Cl)n1-c1ccc(Br)cc1. The number of aromatic nitrogens is 4. The summed E-state index contributed by atoms with van der Waals surface area (Å²) < 4.78 is 49.1. The van der Waals surface area contributed by atoms with Gasteiger partial charge in [-0.15, -0.1) is 10.2 Å². The van der Waals surface area contributed by atoms with Crippen LogP contribution < -0.4 is 0 Å². The maximum atomic E-state index is 13.6. The molecule has 0 saturated heterocycles. The van der Waals surface area contributed by atoms with Crippen molar-refractivity contribution in [3.05, 3.63) is 69.6 Å². The van der Waals surface area contributed by atoms with E-state index in [2.05, 4.69) is 26.1 Å². The number of benzene rings is 2. The summed E-state index contributed by atoms with van der Waals surface area (Å²) >= 11 is 9.92. The predicted octanol–water partition coefficient (Wildman–Crippen LogP) is 7.16. The van der Waals surface area contributed by atoms with Crippen LogP contribution in [-0.4, -0.2) is 25.9 Å². The normalized spacial score (nSPS) is 15.1. The van der Waals surface area contributed by atoms with E-state index in [9.17, 15) is 13.2 Å². The van der Waals surface area contributed by atoms with Crippen LogP contribution in [0.1, 0.15) is 31.4 Å².